The third-order valence-corrected chi connectivity index (χ3v) is 6.58. The van der Waals surface area contributed by atoms with E-state index in [9.17, 15) is 4.79 Å². The summed E-state index contributed by atoms with van der Waals surface area (Å²) in [6, 6.07) is 12.8. The molecule has 140 valence electrons. The number of carbonyl (C=O) groups is 1. The summed E-state index contributed by atoms with van der Waals surface area (Å²) in [7, 11) is 0. The molecule has 2 aromatic heterocycles. The molecule has 0 radical (unpaired) electrons. The highest BCUT2D eigenvalue weighted by Gasteiger charge is 2.19. The Labute approximate surface area is 163 Å². The number of benzene rings is 1. The number of nitrogens with zero attached hydrogens (tertiary/aromatic N) is 2. The van der Waals surface area contributed by atoms with Crippen molar-refractivity contribution in [3.63, 3.8) is 0 Å². The van der Waals surface area contributed by atoms with Gasteiger partial charge in [-0.1, -0.05) is 25.0 Å². The standard InChI is InChI=1S/C22H24N2O2S/c25-21(26)8-4-13-24-14-11-17-15-16(9-10-20(17)24)19-7-3-12-23-22(19)27-18-5-1-2-6-18/h3,7,9-12,14-15,18H,1-2,4-6,8,13H2,(H,25,26). The minimum absolute atomic E-state index is 0.204. The van der Waals surface area contributed by atoms with Crippen molar-refractivity contribution in [1.29, 1.82) is 0 Å². The van der Waals surface area contributed by atoms with Gasteiger partial charge in [0.05, 0.1) is 0 Å². The summed E-state index contributed by atoms with van der Waals surface area (Å²) in [4.78, 5) is 15.4. The van der Waals surface area contributed by atoms with Crippen LogP contribution in [-0.2, 0) is 11.3 Å². The second kappa shape index (κ2) is 8.17. The van der Waals surface area contributed by atoms with Crippen LogP contribution in [0.5, 0.6) is 0 Å². The van der Waals surface area contributed by atoms with Crippen LogP contribution in [0.3, 0.4) is 0 Å². The lowest BCUT2D eigenvalue weighted by Gasteiger charge is -2.12. The molecule has 1 aromatic carbocycles. The fourth-order valence-corrected chi connectivity index (χ4v) is 5.15. The van der Waals surface area contributed by atoms with E-state index in [0.29, 0.717) is 11.7 Å². The largest absolute Gasteiger partial charge is 0.481 e. The minimum atomic E-state index is -0.738. The van der Waals surface area contributed by atoms with E-state index in [1.165, 1.54) is 42.2 Å². The van der Waals surface area contributed by atoms with Crippen molar-refractivity contribution >= 4 is 28.6 Å². The molecule has 1 N–H and O–H groups in total. The van der Waals surface area contributed by atoms with Crippen molar-refractivity contribution in [3.8, 4) is 11.1 Å². The molecule has 0 atom stereocenters. The number of aromatic nitrogens is 2. The van der Waals surface area contributed by atoms with Crippen LogP contribution in [0.2, 0.25) is 0 Å². The second-order valence-corrected chi connectivity index (χ2v) is 8.45. The molecule has 1 saturated carbocycles. The highest BCUT2D eigenvalue weighted by molar-refractivity contribution is 8.00. The Kier molecular flexibility index (Phi) is 5.48. The summed E-state index contributed by atoms with van der Waals surface area (Å²) < 4.78 is 2.14. The monoisotopic (exact) mass is 380 g/mol. The van der Waals surface area contributed by atoms with Gasteiger partial charge in [0, 0.05) is 47.1 Å². The smallest absolute Gasteiger partial charge is 0.303 e. The lowest BCUT2D eigenvalue weighted by molar-refractivity contribution is -0.137. The third kappa shape index (κ3) is 4.19. The zero-order valence-corrected chi connectivity index (χ0v) is 16.1. The van der Waals surface area contributed by atoms with E-state index in [1.54, 1.807) is 0 Å². The molecular weight excluding hydrogens is 356 g/mol. The van der Waals surface area contributed by atoms with Gasteiger partial charge in [0.25, 0.3) is 0 Å². The summed E-state index contributed by atoms with van der Waals surface area (Å²) in [5.74, 6) is -0.738. The van der Waals surface area contributed by atoms with Gasteiger partial charge in [0.2, 0.25) is 0 Å². The van der Waals surface area contributed by atoms with Crippen LogP contribution in [0.15, 0.2) is 53.8 Å². The Morgan fingerprint density at radius 2 is 2.07 bits per heavy atom. The highest BCUT2D eigenvalue weighted by atomic mass is 32.2. The molecule has 1 fully saturated rings. The second-order valence-electron chi connectivity index (χ2n) is 7.16. The van der Waals surface area contributed by atoms with Gasteiger partial charge >= 0.3 is 5.97 Å². The van der Waals surface area contributed by atoms with Gasteiger partial charge in [-0.2, -0.15) is 0 Å². The van der Waals surface area contributed by atoms with Crippen LogP contribution in [0, 0.1) is 0 Å². The minimum Gasteiger partial charge on any atom is -0.481 e. The lowest BCUT2D eigenvalue weighted by Crippen LogP contribution is -2.00. The van der Waals surface area contributed by atoms with Gasteiger partial charge in [0.1, 0.15) is 5.03 Å². The SMILES string of the molecule is O=C(O)CCCn1ccc2cc(-c3cccnc3SC3CCCC3)ccc21. The molecule has 1 aliphatic rings. The van der Waals surface area contributed by atoms with E-state index < -0.39 is 5.97 Å². The van der Waals surface area contributed by atoms with Gasteiger partial charge in [0.15, 0.2) is 0 Å². The van der Waals surface area contributed by atoms with Crippen LogP contribution >= 0.6 is 11.8 Å². The van der Waals surface area contributed by atoms with Gasteiger partial charge in [-0.15, -0.1) is 11.8 Å². The number of aliphatic carboxylic acids is 1. The quantitative estimate of drug-likeness (QED) is 0.579. The van der Waals surface area contributed by atoms with Crippen molar-refractivity contribution in [2.45, 2.75) is 55.3 Å². The van der Waals surface area contributed by atoms with E-state index in [-0.39, 0.29) is 6.42 Å². The topological polar surface area (TPSA) is 55.1 Å². The molecule has 0 saturated heterocycles. The zero-order chi connectivity index (χ0) is 18.6. The number of fused-ring (bicyclic) bond motifs is 1. The van der Waals surface area contributed by atoms with Crippen molar-refractivity contribution in [2.24, 2.45) is 0 Å². The van der Waals surface area contributed by atoms with E-state index in [0.717, 1.165) is 17.1 Å². The summed E-state index contributed by atoms with van der Waals surface area (Å²) in [5, 5.41) is 11.8. The normalized spacial score (nSPS) is 14.8. The number of aryl methyl sites for hydroxylation is 1. The van der Waals surface area contributed by atoms with E-state index in [1.807, 2.05) is 30.2 Å². The molecule has 0 unspecified atom stereocenters. The number of carboxylic acids is 1. The van der Waals surface area contributed by atoms with Gasteiger partial charge in [-0.05, 0) is 49.1 Å². The first-order valence-corrected chi connectivity index (χ1v) is 10.5. The van der Waals surface area contributed by atoms with Crippen molar-refractivity contribution in [2.75, 3.05) is 0 Å². The molecule has 1 aliphatic carbocycles. The predicted octanol–water partition coefficient (Wildman–Crippen LogP) is 5.60. The van der Waals surface area contributed by atoms with Gasteiger partial charge < -0.3 is 9.67 Å². The number of carboxylic acid groups (broad SMARTS) is 1. The fraction of sp³-hybridized carbons (Fsp3) is 0.364. The summed E-state index contributed by atoms with van der Waals surface area (Å²) in [6.45, 7) is 0.727. The van der Waals surface area contributed by atoms with Crippen LogP contribution in [-0.4, -0.2) is 25.9 Å². The van der Waals surface area contributed by atoms with Crippen LogP contribution in [0.4, 0.5) is 0 Å². The van der Waals surface area contributed by atoms with E-state index in [2.05, 4.69) is 39.9 Å². The Bertz CT molecular complexity index is 944. The number of rotatable bonds is 7. The van der Waals surface area contributed by atoms with Gasteiger partial charge in [-0.3, -0.25) is 4.79 Å². The zero-order valence-electron chi connectivity index (χ0n) is 15.3. The molecule has 27 heavy (non-hydrogen) atoms. The first kappa shape index (κ1) is 18.1. The van der Waals surface area contributed by atoms with Gasteiger partial charge in [-0.25, -0.2) is 4.98 Å². The highest BCUT2D eigenvalue weighted by Crippen LogP contribution is 2.38. The maximum Gasteiger partial charge on any atom is 0.303 e. The molecule has 0 aliphatic heterocycles. The predicted molar refractivity (Wildman–Crippen MR) is 110 cm³/mol. The van der Waals surface area contributed by atoms with Crippen molar-refractivity contribution in [1.82, 2.24) is 9.55 Å². The Hall–Kier alpha value is -2.27. The Balaban J connectivity index is 1.58. The molecule has 5 heteroatoms. The average Bonchev–Trinajstić information content (AvgIpc) is 3.32. The van der Waals surface area contributed by atoms with E-state index >= 15 is 0 Å². The summed E-state index contributed by atoms with van der Waals surface area (Å²) >= 11 is 1.93. The van der Waals surface area contributed by atoms with Crippen molar-refractivity contribution in [3.05, 3.63) is 48.8 Å². The molecular formula is C22H24N2O2S. The number of hydrogen-bond acceptors (Lipinski definition) is 3. The fourth-order valence-electron chi connectivity index (χ4n) is 3.83. The maximum atomic E-state index is 10.7. The number of thioether (sulfide) groups is 1. The molecule has 0 amide bonds. The molecule has 2 heterocycles. The Morgan fingerprint density at radius 3 is 2.89 bits per heavy atom. The summed E-state index contributed by atoms with van der Waals surface area (Å²) in [6.07, 6.45) is 10.0. The lowest BCUT2D eigenvalue weighted by atomic mass is 10.1. The molecule has 4 nitrogen and oxygen atoms in total. The van der Waals surface area contributed by atoms with Crippen LogP contribution < -0.4 is 0 Å². The summed E-state index contributed by atoms with van der Waals surface area (Å²) in [5.41, 5.74) is 3.55. The molecule has 0 bridgehead atoms. The molecule has 4 rings (SSSR count). The molecule has 3 aromatic rings. The average molecular weight is 381 g/mol. The van der Waals surface area contributed by atoms with Crippen LogP contribution in [0.1, 0.15) is 38.5 Å². The first-order chi connectivity index (χ1) is 13.2. The molecule has 0 spiro atoms. The maximum absolute atomic E-state index is 10.7. The third-order valence-electron chi connectivity index (χ3n) is 5.22. The van der Waals surface area contributed by atoms with E-state index in [4.69, 9.17) is 5.11 Å². The van der Waals surface area contributed by atoms with Crippen molar-refractivity contribution < 1.29 is 9.90 Å². The van der Waals surface area contributed by atoms with Crippen LogP contribution in [0.25, 0.3) is 22.0 Å². The number of pyridine rings is 1. The first-order valence-electron chi connectivity index (χ1n) is 9.63. The Morgan fingerprint density at radius 1 is 1.22 bits per heavy atom. The number of hydrogen-bond donors (Lipinski definition) is 1.